The van der Waals surface area contributed by atoms with E-state index in [4.69, 9.17) is 0 Å². The van der Waals surface area contributed by atoms with Crippen molar-refractivity contribution >= 4 is 29.3 Å². The zero-order valence-corrected chi connectivity index (χ0v) is 9.35. The first-order valence-corrected chi connectivity index (χ1v) is 5.88. The van der Waals surface area contributed by atoms with Gasteiger partial charge in [0.25, 0.3) is 0 Å². The predicted octanol–water partition coefficient (Wildman–Crippen LogP) is 1.90. The van der Waals surface area contributed by atoms with Gasteiger partial charge < -0.3 is 0 Å². The maximum Gasteiger partial charge on any atom is 0.0347 e. The van der Waals surface area contributed by atoms with Gasteiger partial charge in [0.2, 0.25) is 0 Å². The molecule has 0 spiro atoms. The Bertz CT molecular complexity index is 808. The number of nitrogens with zero attached hydrogens (tertiary/aromatic N) is 1. The quantitative estimate of drug-likeness (QED) is 0.639. The largest absolute Gasteiger partial charge is 0.263 e. The van der Waals surface area contributed by atoms with E-state index in [1.54, 1.807) is 0 Å². The summed E-state index contributed by atoms with van der Waals surface area (Å²) in [7, 11) is 0. The molecule has 1 aliphatic carbocycles. The Labute approximate surface area is 99.1 Å². The fourth-order valence-corrected chi connectivity index (χ4v) is 2.65. The lowest BCUT2D eigenvalue weighted by Crippen LogP contribution is -2.13. The van der Waals surface area contributed by atoms with Crippen LogP contribution >= 0.6 is 0 Å². The summed E-state index contributed by atoms with van der Waals surface area (Å²) < 4.78 is 0. The van der Waals surface area contributed by atoms with Crippen molar-refractivity contribution in [1.29, 1.82) is 0 Å². The van der Waals surface area contributed by atoms with Crippen molar-refractivity contribution in [1.82, 2.24) is 0 Å². The molecule has 1 aliphatic heterocycles. The summed E-state index contributed by atoms with van der Waals surface area (Å²) in [4.78, 5) is 4.21. The summed E-state index contributed by atoms with van der Waals surface area (Å²) >= 11 is 0. The van der Waals surface area contributed by atoms with Crippen molar-refractivity contribution in [3.63, 3.8) is 0 Å². The van der Waals surface area contributed by atoms with Crippen molar-refractivity contribution in [3.05, 3.63) is 58.0 Å². The highest BCUT2D eigenvalue weighted by molar-refractivity contribution is 5.95. The molecule has 0 amide bonds. The van der Waals surface area contributed by atoms with Crippen LogP contribution in [0.2, 0.25) is 0 Å². The van der Waals surface area contributed by atoms with E-state index in [0.717, 1.165) is 6.42 Å². The fourth-order valence-electron chi connectivity index (χ4n) is 2.65. The van der Waals surface area contributed by atoms with E-state index in [9.17, 15) is 0 Å². The molecule has 2 aromatic carbocycles. The van der Waals surface area contributed by atoms with Crippen molar-refractivity contribution in [2.24, 2.45) is 4.99 Å². The van der Waals surface area contributed by atoms with E-state index in [2.05, 4.69) is 47.5 Å². The standard InChI is InChI=1S/C16H11N/c1-2-4-15-11(3-1)5-6-12-7-13-9-17-10-14(13)8-16(12)15/h1-3,5-10H,4H2. The van der Waals surface area contributed by atoms with Crippen LogP contribution in [0, 0.1) is 0 Å². The van der Waals surface area contributed by atoms with E-state index in [0.29, 0.717) is 0 Å². The van der Waals surface area contributed by atoms with Gasteiger partial charge in [0, 0.05) is 23.2 Å². The summed E-state index contributed by atoms with van der Waals surface area (Å²) in [5.41, 5.74) is 2.67. The Kier molecular flexibility index (Phi) is 1.67. The molecule has 0 N–H and O–H groups in total. The summed E-state index contributed by atoms with van der Waals surface area (Å²) in [6.45, 7) is 0. The zero-order chi connectivity index (χ0) is 11.2. The monoisotopic (exact) mass is 217 g/mol. The maximum atomic E-state index is 4.21. The first kappa shape index (κ1) is 8.94. The lowest BCUT2D eigenvalue weighted by atomic mass is 9.95. The molecule has 80 valence electrons. The molecule has 1 nitrogen and oxygen atoms in total. The smallest absolute Gasteiger partial charge is 0.0347 e. The SMILES string of the molecule is C1=CCc2c(ccc3cc4c(cc23)C=NC=4)=C1. The topological polar surface area (TPSA) is 12.4 Å². The fraction of sp³-hybridized carbons (Fsp3) is 0.0625. The van der Waals surface area contributed by atoms with Crippen LogP contribution in [0.25, 0.3) is 23.0 Å². The highest BCUT2D eigenvalue weighted by Crippen LogP contribution is 2.18. The Hall–Kier alpha value is -2.15. The van der Waals surface area contributed by atoms with Crippen LogP contribution in [0.1, 0.15) is 11.1 Å². The second kappa shape index (κ2) is 3.17. The summed E-state index contributed by atoms with van der Waals surface area (Å²) in [5, 5.41) is 5.25. The molecule has 0 saturated heterocycles. The number of aliphatic imine (C=N–C) groups is 1. The third-order valence-corrected chi connectivity index (χ3v) is 3.53. The van der Waals surface area contributed by atoms with E-state index in [-0.39, 0.29) is 0 Å². The van der Waals surface area contributed by atoms with E-state index >= 15 is 0 Å². The van der Waals surface area contributed by atoms with Gasteiger partial charge in [-0.3, -0.25) is 4.99 Å². The number of fused-ring (bicyclic) bond motifs is 4. The molecule has 17 heavy (non-hydrogen) atoms. The molecule has 1 heterocycles. The molecule has 0 aromatic heterocycles. The van der Waals surface area contributed by atoms with Crippen LogP contribution in [-0.4, -0.2) is 6.21 Å². The number of rotatable bonds is 0. The van der Waals surface area contributed by atoms with Crippen LogP contribution in [0.5, 0.6) is 0 Å². The molecule has 0 atom stereocenters. The first-order chi connectivity index (χ1) is 8.42. The van der Waals surface area contributed by atoms with Crippen LogP contribution in [0.15, 0.2) is 41.4 Å². The molecule has 0 unspecified atom stereocenters. The number of allylic oxidation sites excluding steroid dienone is 2. The molecule has 4 rings (SSSR count). The van der Waals surface area contributed by atoms with Gasteiger partial charge in [0.15, 0.2) is 0 Å². The molecule has 0 bridgehead atoms. The minimum absolute atomic E-state index is 1.03. The molecule has 0 saturated carbocycles. The van der Waals surface area contributed by atoms with E-state index in [1.807, 2.05) is 12.4 Å². The Balaban J connectivity index is 2.20. The van der Waals surface area contributed by atoms with Crippen molar-refractivity contribution < 1.29 is 0 Å². The number of hydrogen-bond donors (Lipinski definition) is 0. The Morgan fingerprint density at radius 1 is 1.06 bits per heavy atom. The van der Waals surface area contributed by atoms with Gasteiger partial charge in [-0.05, 0) is 40.1 Å². The van der Waals surface area contributed by atoms with Crippen LogP contribution in [-0.2, 0) is 6.42 Å². The minimum Gasteiger partial charge on any atom is -0.263 e. The van der Waals surface area contributed by atoms with Crippen LogP contribution in [0.3, 0.4) is 0 Å². The van der Waals surface area contributed by atoms with E-state index < -0.39 is 0 Å². The minimum atomic E-state index is 1.03. The highest BCUT2D eigenvalue weighted by Gasteiger charge is 2.07. The first-order valence-electron chi connectivity index (χ1n) is 5.88. The Morgan fingerprint density at radius 3 is 3.06 bits per heavy atom. The molecule has 2 aliphatic rings. The van der Waals surface area contributed by atoms with Crippen molar-refractivity contribution in [3.8, 4) is 0 Å². The maximum absolute atomic E-state index is 4.21. The van der Waals surface area contributed by atoms with Crippen LogP contribution < -0.4 is 10.4 Å². The van der Waals surface area contributed by atoms with Gasteiger partial charge in [-0.25, -0.2) is 0 Å². The van der Waals surface area contributed by atoms with Gasteiger partial charge in [0.05, 0.1) is 0 Å². The van der Waals surface area contributed by atoms with Crippen molar-refractivity contribution in [2.75, 3.05) is 0 Å². The van der Waals surface area contributed by atoms with Gasteiger partial charge in [-0.1, -0.05) is 30.4 Å². The second-order valence-electron chi connectivity index (χ2n) is 4.54. The van der Waals surface area contributed by atoms with Gasteiger partial charge in [-0.2, -0.15) is 0 Å². The zero-order valence-electron chi connectivity index (χ0n) is 9.35. The summed E-state index contributed by atoms with van der Waals surface area (Å²) in [5.74, 6) is 0. The molecule has 0 radical (unpaired) electrons. The van der Waals surface area contributed by atoms with Gasteiger partial charge in [0.1, 0.15) is 0 Å². The molecular weight excluding hydrogens is 206 g/mol. The normalized spacial score (nSPS) is 15.3. The van der Waals surface area contributed by atoms with Crippen molar-refractivity contribution in [2.45, 2.75) is 6.42 Å². The second-order valence-corrected chi connectivity index (χ2v) is 4.54. The van der Waals surface area contributed by atoms with Crippen LogP contribution in [0.4, 0.5) is 0 Å². The third kappa shape index (κ3) is 1.22. The summed E-state index contributed by atoms with van der Waals surface area (Å²) in [6, 6.07) is 8.92. The average molecular weight is 217 g/mol. The summed E-state index contributed by atoms with van der Waals surface area (Å²) in [6.07, 6.45) is 11.4. The lowest BCUT2D eigenvalue weighted by Gasteiger charge is -2.09. The Morgan fingerprint density at radius 2 is 2.06 bits per heavy atom. The highest BCUT2D eigenvalue weighted by atomic mass is 14.7. The predicted molar refractivity (Wildman–Crippen MR) is 72.6 cm³/mol. The molecular formula is C16H11N. The molecule has 0 fully saturated rings. The molecule has 1 heteroatoms. The van der Waals surface area contributed by atoms with E-state index in [1.165, 1.54) is 32.3 Å². The number of hydrogen-bond acceptors (Lipinski definition) is 1. The lowest BCUT2D eigenvalue weighted by molar-refractivity contribution is 1.25. The average Bonchev–Trinajstić information content (AvgIpc) is 2.83. The van der Waals surface area contributed by atoms with Gasteiger partial charge >= 0.3 is 0 Å². The number of benzene rings is 2. The van der Waals surface area contributed by atoms with Gasteiger partial charge in [-0.15, -0.1) is 0 Å². The third-order valence-electron chi connectivity index (χ3n) is 3.53. The molecule has 2 aromatic rings.